The number of hydrogen-bond donors (Lipinski definition) is 0. The van der Waals surface area contributed by atoms with Gasteiger partial charge >= 0.3 is 6.18 Å². The van der Waals surface area contributed by atoms with Crippen LogP contribution in [0.2, 0.25) is 0 Å². The average molecular weight is 394 g/mol. The van der Waals surface area contributed by atoms with E-state index in [1.165, 1.54) is 33.8 Å². The summed E-state index contributed by atoms with van der Waals surface area (Å²) >= 11 is 1.72. The molecule has 0 spiro atoms. The summed E-state index contributed by atoms with van der Waals surface area (Å²) in [4.78, 5) is 3.35. The van der Waals surface area contributed by atoms with Crippen LogP contribution in [-0.4, -0.2) is 18.9 Å². The number of alkyl halides is 3. The first-order valence-electron chi connectivity index (χ1n) is 9.03. The van der Waals surface area contributed by atoms with E-state index >= 15 is 0 Å². The molecule has 1 aromatic heterocycles. The Morgan fingerprint density at radius 2 is 2.00 bits per heavy atom. The number of benzene rings is 1. The van der Waals surface area contributed by atoms with E-state index in [9.17, 15) is 13.2 Å². The Morgan fingerprint density at radius 1 is 1.30 bits per heavy atom. The van der Waals surface area contributed by atoms with Gasteiger partial charge in [-0.3, -0.25) is 4.99 Å². The Bertz CT molecular complexity index is 885. The van der Waals surface area contributed by atoms with Gasteiger partial charge in [-0.2, -0.15) is 13.2 Å². The van der Waals surface area contributed by atoms with Gasteiger partial charge in [0.25, 0.3) is 0 Å². The summed E-state index contributed by atoms with van der Waals surface area (Å²) in [6.45, 7) is 10.0. The van der Waals surface area contributed by atoms with E-state index in [0.717, 1.165) is 24.5 Å². The molecule has 0 bridgehead atoms. The van der Waals surface area contributed by atoms with Crippen LogP contribution in [0.5, 0.6) is 0 Å². The predicted molar refractivity (Wildman–Crippen MR) is 111 cm³/mol. The predicted octanol–water partition coefficient (Wildman–Crippen LogP) is 7.23. The highest BCUT2D eigenvalue weighted by Gasteiger charge is 2.33. The number of nitrogens with zero attached hydrogens (tertiary/aromatic N) is 1. The van der Waals surface area contributed by atoms with Crippen molar-refractivity contribution in [3.05, 3.63) is 58.0 Å². The average Bonchev–Trinajstić information content (AvgIpc) is 2.99. The molecule has 146 valence electrons. The monoisotopic (exact) mass is 393 g/mol. The lowest BCUT2D eigenvalue weighted by Gasteiger charge is -2.09. The zero-order chi connectivity index (χ0) is 20.2. The molecule has 2 aromatic rings. The minimum Gasteiger partial charge on any atom is -0.284 e. The van der Waals surface area contributed by atoms with Gasteiger partial charge in [-0.15, -0.1) is 11.3 Å². The largest absolute Gasteiger partial charge is 0.432 e. The molecular formula is C22H26F3NS. The van der Waals surface area contributed by atoms with Gasteiger partial charge in [-0.25, -0.2) is 0 Å². The van der Waals surface area contributed by atoms with Crippen LogP contribution < -0.4 is 0 Å². The Labute approximate surface area is 163 Å². The molecular weight excluding hydrogens is 367 g/mol. The molecule has 0 fully saturated rings. The molecule has 0 atom stereocenters. The second kappa shape index (κ2) is 8.87. The van der Waals surface area contributed by atoms with Crippen molar-refractivity contribution in [2.24, 2.45) is 4.99 Å². The van der Waals surface area contributed by atoms with Crippen molar-refractivity contribution < 1.29 is 13.2 Å². The second-order valence-corrected chi connectivity index (χ2v) is 7.84. The maximum absolute atomic E-state index is 12.8. The van der Waals surface area contributed by atoms with Crippen LogP contribution in [0.3, 0.4) is 0 Å². The van der Waals surface area contributed by atoms with Crippen LogP contribution in [0.15, 0.2) is 46.3 Å². The molecule has 1 nitrogen and oxygen atoms in total. The first-order valence-corrected chi connectivity index (χ1v) is 9.91. The molecule has 0 aliphatic heterocycles. The number of fused-ring (bicyclic) bond motifs is 1. The number of thiophene rings is 1. The van der Waals surface area contributed by atoms with Gasteiger partial charge in [0.05, 0.1) is 0 Å². The van der Waals surface area contributed by atoms with Gasteiger partial charge in [0.15, 0.2) is 0 Å². The molecule has 2 rings (SSSR count). The van der Waals surface area contributed by atoms with Crippen LogP contribution in [0, 0.1) is 6.92 Å². The molecule has 0 unspecified atom stereocenters. The quantitative estimate of drug-likeness (QED) is 0.347. The topological polar surface area (TPSA) is 12.4 Å². The number of aryl methyl sites for hydroxylation is 2. The summed E-state index contributed by atoms with van der Waals surface area (Å²) < 4.78 is 39.7. The number of hydrogen-bond acceptors (Lipinski definition) is 2. The Morgan fingerprint density at radius 3 is 2.59 bits per heavy atom. The van der Waals surface area contributed by atoms with Crippen LogP contribution in [-0.2, 0) is 12.8 Å². The van der Waals surface area contributed by atoms with Crippen molar-refractivity contribution >= 4 is 27.1 Å². The van der Waals surface area contributed by atoms with Gasteiger partial charge in [-0.1, -0.05) is 30.7 Å². The third-order valence-electron chi connectivity index (χ3n) is 4.67. The van der Waals surface area contributed by atoms with Crippen molar-refractivity contribution in [2.75, 3.05) is 7.05 Å². The molecule has 27 heavy (non-hydrogen) atoms. The van der Waals surface area contributed by atoms with E-state index < -0.39 is 11.9 Å². The molecule has 1 aromatic carbocycles. The Kier molecular flexibility index (Phi) is 7.04. The molecule has 0 N–H and O–H groups in total. The summed E-state index contributed by atoms with van der Waals surface area (Å²) in [6.07, 6.45) is -0.101. The minimum atomic E-state index is -4.40. The minimum absolute atomic E-state index is 0.574. The third kappa shape index (κ3) is 5.55. The molecule has 1 heterocycles. The van der Waals surface area contributed by atoms with Crippen molar-refractivity contribution in [3.63, 3.8) is 0 Å². The lowest BCUT2D eigenvalue weighted by molar-refractivity contribution is -0.0578. The number of allylic oxidation sites excluding steroid dienone is 3. The smallest absolute Gasteiger partial charge is 0.284 e. The number of rotatable bonds is 7. The van der Waals surface area contributed by atoms with Crippen molar-refractivity contribution in [1.82, 2.24) is 0 Å². The molecule has 5 heteroatoms. The lowest BCUT2D eigenvalue weighted by atomic mass is 9.97. The SMILES string of the molecule is C=C(CC)Cc1csc2cc(CC/C(C)=C/C(=N\C)C(F)(F)F)cc(C)c12. The highest BCUT2D eigenvalue weighted by Crippen LogP contribution is 2.32. The zero-order valence-electron chi connectivity index (χ0n) is 16.3. The Balaban J connectivity index is 2.17. The van der Waals surface area contributed by atoms with Gasteiger partial charge in [-0.05, 0) is 79.1 Å². The van der Waals surface area contributed by atoms with Crippen LogP contribution in [0.1, 0.15) is 43.4 Å². The first-order chi connectivity index (χ1) is 12.7. The maximum Gasteiger partial charge on any atom is 0.432 e. The van der Waals surface area contributed by atoms with E-state index in [2.05, 4.69) is 42.9 Å². The molecule has 0 radical (unpaired) electrons. The molecule has 0 amide bonds. The van der Waals surface area contributed by atoms with E-state index in [1.807, 2.05) is 0 Å². The van der Waals surface area contributed by atoms with Gasteiger partial charge in [0.1, 0.15) is 5.71 Å². The van der Waals surface area contributed by atoms with Crippen molar-refractivity contribution in [3.8, 4) is 0 Å². The van der Waals surface area contributed by atoms with Crippen molar-refractivity contribution in [1.29, 1.82) is 0 Å². The maximum atomic E-state index is 12.8. The second-order valence-electron chi connectivity index (χ2n) is 6.92. The molecule has 0 aliphatic rings. The van der Waals surface area contributed by atoms with Crippen LogP contribution in [0.25, 0.3) is 10.1 Å². The molecule has 0 saturated carbocycles. The Hall–Kier alpha value is -1.88. The van der Waals surface area contributed by atoms with Crippen molar-refractivity contribution in [2.45, 2.75) is 52.6 Å². The number of aliphatic imine (C=N–C) groups is 1. The van der Waals surface area contributed by atoms with E-state index in [1.54, 1.807) is 18.3 Å². The van der Waals surface area contributed by atoms with E-state index in [4.69, 9.17) is 0 Å². The van der Waals surface area contributed by atoms with Gasteiger partial charge in [0, 0.05) is 11.7 Å². The van der Waals surface area contributed by atoms with Gasteiger partial charge in [0.2, 0.25) is 0 Å². The summed E-state index contributed by atoms with van der Waals surface area (Å²) in [5, 5.41) is 3.49. The van der Waals surface area contributed by atoms with Crippen LogP contribution >= 0.6 is 11.3 Å². The summed E-state index contributed by atoms with van der Waals surface area (Å²) in [7, 11) is 1.17. The van der Waals surface area contributed by atoms with E-state index in [0.29, 0.717) is 18.4 Å². The van der Waals surface area contributed by atoms with Gasteiger partial charge < -0.3 is 0 Å². The normalized spacial score (nSPS) is 13.4. The molecule has 0 aliphatic carbocycles. The third-order valence-corrected chi connectivity index (χ3v) is 5.65. The summed E-state index contributed by atoms with van der Waals surface area (Å²) in [5.74, 6) is 0. The summed E-state index contributed by atoms with van der Waals surface area (Å²) in [5.41, 5.74) is 4.75. The fourth-order valence-electron chi connectivity index (χ4n) is 3.11. The fraction of sp³-hybridized carbons (Fsp3) is 0.409. The standard InChI is InChI=1S/C22H26F3NS/c1-6-14(2)9-18-13-27-19-12-17(11-16(4)21(18)19)8-7-15(3)10-20(26-5)22(23,24)25/h10-13H,2,6-9H2,1,3-5H3/b15-10+,26-20+. The zero-order valence-corrected chi connectivity index (χ0v) is 17.2. The number of halogens is 3. The highest BCUT2D eigenvalue weighted by atomic mass is 32.1. The molecule has 0 saturated heterocycles. The van der Waals surface area contributed by atoms with Crippen LogP contribution in [0.4, 0.5) is 13.2 Å². The first kappa shape index (κ1) is 21.4. The fourth-order valence-corrected chi connectivity index (χ4v) is 4.21. The highest BCUT2D eigenvalue weighted by molar-refractivity contribution is 7.17. The lowest BCUT2D eigenvalue weighted by Crippen LogP contribution is -2.21. The summed E-state index contributed by atoms with van der Waals surface area (Å²) in [6, 6.07) is 4.32. The van der Waals surface area contributed by atoms with E-state index in [-0.39, 0.29) is 0 Å².